The molecule has 0 spiro atoms. The summed E-state index contributed by atoms with van der Waals surface area (Å²) in [5, 5.41) is 50.1. The minimum atomic E-state index is -1.94. The van der Waals surface area contributed by atoms with E-state index in [1.165, 1.54) is 31.4 Å². The Morgan fingerprint density at radius 1 is 1.00 bits per heavy atom. The smallest absolute Gasteiger partial charge is 0.335 e. The van der Waals surface area contributed by atoms with Crippen molar-refractivity contribution in [3.05, 3.63) is 46.6 Å². The number of carbonyl (C=O) groups is 2. The third kappa shape index (κ3) is 5.00. The van der Waals surface area contributed by atoms with E-state index < -0.39 is 53.8 Å². The zero-order valence-electron chi connectivity index (χ0n) is 19.4. The van der Waals surface area contributed by atoms with Gasteiger partial charge in [-0.25, -0.2) is 4.79 Å². The van der Waals surface area contributed by atoms with Gasteiger partial charge in [-0.15, -0.1) is 0 Å². The number of carboxylic acids is 1. The van der Waals surface area contributed by atoms with Crippen molar-refractivity contribution in [2.45, 2.75) is 37.6 Å². The second-order valence-corrected chi connectivity index (χ2v) is 8.11. The fourth-order valence-electron chi connectivity index (χ4n) is 3.88. The van der Waals surface area contributed by atoms with E-state index in [1.54, 1.807) is 0 Å². The standard InChI is InChI=1S/C24H22O13/c1-9(25)34-22-20(30)19(29)21(23(31)32)37-24(22)35-11-6-13(27)18-14(28)8-16(36-17(18)7-11)10-3-4-15(33-2)12(26)5-10/h3-8,19-22,24,26-27,29-30H,1-2H3,(H,31,32). The molecule has 37 heavy (non-hydrogen) atoms. The van der Waals surface area contributed by atoms with Gasteiger partial charge in [0.1, 0.15) is 40.4 Å². The molecule has 0 saturated carbocycles. The van der Waals surface area contributed by atoms with E-state index in [2.05, 4.69) is 0 Å². The van der Waals surface area contributed by atoms with Crippen molar-refractivity contribution in [2.24, 2.45) is 0 Å². The number of aromatic hydroxyl groups is 2. The van der Waals surface area contributed by atoms with Gasteiger partial charge in [-0.1, -0.05) is 0 Å². The van der Waals surface area contributed by atoms with Gasteiger partial charge in [-0.3, -0.25) is 9.59 Å². The third-order valence-electron chi connectivity index (χ3n) is 5.59. The topological polar surface area (TPSA) is 202 Å². The zero-order chi connectivity index (χ0) is 27.0. The molecule has 0 aliphatic carbocycles. The Morgan fingerprint density at radius 3 is 2.35 bits per heavy atom. The number of rotatable bonds is 6. The molecule has 5 atom stereocenters. The van der Waals surface area contributed by atoms with Gasteiger partial charge in [0.2, 0.25) is 6.29 Å². The highest BCUT2D eigenvalue weighted by Crippen LogP contribution is 2.35. The van der Waals surface area contributed by atoms with Gasteiger partial charge in [0.05, 0.1) is 7.11 Å². The Hall–Kier alpha value is -4.33. The predicted octanol–water partition coefficient (Wildman–Crippen LogP) is 0.722. The van der Waals surface area contributed by atoms with E-state index in [4.69, 9.17) is 23.4 Å². The number of carbonyl (C=O) groups excluding carboxylic acids is 1. The molecule has 5 N–H and O–H groups in total. The highest BCUT2D eigenvalue weighted by atomic mass is 16.7. The lowest BCUT2D eigenvalue weighted by Crippen LogP contribution is -2.62. The van der Waals surface area contributed by atoms with Crippen LogP contribution in [0.5, 0.6) is 23.0 Å². The minimum Gasteiger partial charge on any atom is -0.507 e. The van der Waals surface area contributed by atoms with Crippen molar-refractivity contribution >= 4 is 22.9 Å². The molecular weight excluding hydrogens is 496 g/mol. The predicted molar refractivity (Wildman–Crippen MR) is 122 cm³/mol. The Bertz CT molecular complexity index is 1410. The number of aliphatic carboxylic acids is 1. The molecule has 0 bridgehead atoms. The van der Waals surface area contributed by atoms with E-state index in [0.717, 1.165) is 19.1 Å². The van der Waals surface area contributed by atoms with Crippen LogP contribution in [-0.4, -0.2) is 75.3 Å². The highest BCUT2D eigenvalue weighted by molar-refractivity contribution is 5.86. The molecular formula is C24H22O13. The van der Waals surface area contributed by atoms with Crippen LogP contribution >= 0.6 is 0 Å². The lowest BCUT2D eigenvalue weighted by molar-refractivity contribution is -0.275. The second kappa shape index (κ2) is 9.97. The summed E-state index contributed by atoms with van der Waals surface area (Å²) < 4.78 is 26.5. The number of phenols is 2. The molecule has 13 nitrogen and oxygen atoms in total. The average Bonchev–Trinajstić information content (AvgIpc) is 2.82. The molecule has 0 amide bonds. The molecule has 2 aromatic carbocycles. The van der Waals surface area contributed by atoms with Crippen molar-refractivity contribution in [3.63, 3.8) is 0 Å². The van der Waals surface area contributed by atoms with Gasteiger partial charge in [0, 0.05) is 30.7 Å². The number of benzene rings is 2. The fraction of sp³-hybridized carbons (Fsp3) is 0.292. The monoisotopic (exact) mass is 518 g/mol. The summed E-state index contributed by atoms with van der Waals surface area (Å²) in [7, 11) is 1.37. The average molecular weight is 518 g/mol. The maximum Gasteiger partial charge on any atom is 0.335 e. The SMILES string of the molecule is COc1ccc(-c2cc(=O)c3c(O)cc(OC4OC(C(=O)O)C(O)C(O)C4OC(C)=O)cc3o2)cc1O. The molecule has 2 heterocycles. The Balaban J connectivity index is 1.74. The number of phenolic OH excluding ortho intramolecular Hbond substituents is 2. The number of fused-ring (bicyclic) bond motifs is 1. The number of esters is 1. The normalized spacial score (nSPS) is 23.4. The molecule has 1 aliphatic rings. The number of methoxy groups -OCH3 is 1. The number of hydrogen-bond acceptors (Lipinski definition) is 12. The van der Waals surface area contributed by atoms with E-state index in [1.807, 2.05) is 0 Å². The first-order valence-electron chi connectivity index (χ1n) is 10.8. The summed E-state index contributed by atoms with van der Waals surface area (Å²) in [5.41, 5.74) is -0.454. The third-order valence-corrected chi connectivity index (χ3v) is 5.59. The van der Waals surface area contributed by atoms with Gasteiger partial charge < -0.3 is 48.9 Å². The first-order valence-corrected chi connectivity index (χ1v) is 10.8. The van der Waals surface area contributed by atoms with E-state index in [9.17, 15) is 39.9 Å². The van der Waals surface area contributed by atoms with Crippen molar-refractivity contribution in [1.29, 1.82) is 0 Å². The van der Waals surface area contributed by atoms with Crippen LogP contribution in [0, 0.1) is 0 Å². The quantitative estimate of drug-likeness (QED) is 0.286. The van der Waals surface area contributed by atoms with Crippen LogP contribution in [-0.2, 0) is 19.1 Å². The lowest BCUT2D eigenvalue weighted by Gasteiger charge is -2.40. The molecule has 1 aliphatic heterocycles. The largest absolute Gasteiger partial charge is 0.507 e. The van der Waals surface area contributed by atoms with Crippen LogP contribution in [0.15, 0.2) is 45.6 Å². The van der Waals surface area contributed by atoms with Crippen molar-refractivity contribution in [2.75, 3.05) is 7.11 Å². The molecule has 1 aromatic heterocycles. The van der Waals surface area contributed by atoms with E-state index in [0.29, 0.717) is 5.56 Å². The summed E-state index contributed by atoms with van der Waals surface area (Å²) in [6.45, 7) is 1.02. The highest BCUT2D eigenvalue weighted by Gasteiger charge is 2.50. The number of ether oxygens (including phenoxy) is 4. The zero-order valence-corrected chi connectivity index (χ0v) is 19.4. The van der Waals surface area contributed by atoms with Crippen molar-refractivity contribution in [3.8, 4) is 34.3 Å². The van der Waals surface area contributed by atoms with Crippen LogP contribution < -0.4 is 14.9 Å². The second-order valence-electron chi connectivity index (χ2n) is 8.11. The van der Waals surface area contributed by atoms with Gasteiger partial charge >= 0.3 is 11.9 Å². The Morgan fingerprint density at radius 2 is 1.73 bits per heavy atom. The molecule has 4 rings (SSSR count). The molecule has 1 saturated heterocycles. The van der Waals surface area contributed by atoms with Crippen LogP contribution in [0.3, 0.4) is 0 Å². The summed E-state index contributed by atoms with van der Waals surface area (Å²) >= 11 is 0. The fourth-order valence-corrected chi connectivity index (χ4v) is 3.88. The molecule has 13 heteroatoms. The van der Waals surface area contributed by atoms with Gasteiger partial charge in [-0.2, -0.15) is 0 Å². The summed E-state index contributed by atoms with van der Waals surface area (Å²) in [6, 6.07) is 7.60. The number of aliphatic hydroxyl groups is 2. The van der Waals surface area contributed by atoms with Crippen LogP contribution in [0.2, 0.25) is 0 Å². The molecule has 3 aromatic rings. The Kier molecular flexibility index (Phi) is 6.94. The van der Waals surface area contributed by atoms with Gasteiger partial charge in [0.15, 0.2) is 29.1 Å². The van der Waals surface area contributed by atoms with Gasteiger partial charge in [-0.05, 0) is 18.2 Å². The van der Waals surface area contributed by atoms with Gasteiger partial charge in [0.25, 0.3) is 0 Å². The number of hydrogen-bond donors (Lipinski definition) is 5. The molecule has 1 fully saturated rings. The van der Waals surface area contributed by atoms with E-state index >= 15 is 0 Å². The summed E-state index contributed by atoms with van der Waals surface area (Å²) in [4.78, 5) is 35.7. The molecule has 196 valence electrons. The molecule has 0 radical (unpaired) electrons. The number of carboxylic acid groups (broad SMARTS) is 1. The Labute approximate surface area is 207 Å². The number of aliphatic hydroxyl groups excluding tert-OH is 2. The van der Waals surface area contributed by atoms with Crippen LogP contribution in [0.25, 0.3) is 22.3 Å². The minimum absolute atomic E-state index is 0.0307. The maximum atomic E-state index is 12.7. The van der Waals surface area contributed by atoms with Crippen molar-refractivity contribution < 1.29 is 58.5 Å². The first kappa shape index (κ1) is 25.8. The molecule has 5 unspecified atom stereocenters. The lowest BCUT2D eigenvalue weighted by atomic mass is 9.98. The van der Waals surface area contributed by atoms with Crippen molar-refractivity contribution in [1.82, 2.24) is 0 Å². The summed E-state index contributed by atoms with van der Waals surface area (Å²) in [5.74, 6) is -3.23. The van der Waals surface area contributed by atoms with Crippen LogP contribution in [0.4, 0.5) is 0 Å². The first-order chi connectivity index (χ1) is 17.5. The van der Waals surface area contributed by atoms with Crippen LogP contribution in [0.1, 0.15) is 6.92 Å². The summed E-state index contributed by atoms with van der Waals surface area (Å²) in [6.07, 6.45) is -9.11. The maximum absolute atomic E-state index is 12.7. The van der Waals surface area contributed by atoms with E-state index in [-0.39, 0.29) is 34.0 Å².